The highest BCUT2D eigenvalue weighted by Gasteiger charge is 2.49. The fourth-order valence-electron chi connectivity index (χ4n) is 1.74. The molecule has 0 aromatic carbocycles. The number of carbonyl (C=O) groups is 2. The van der Waals surface area contributed by atoms with Crippen LogP contribution in [0.1, 0.15) is 12.6 Å². The SMILES string of the molecule is CC1(c2ccccn2)NC(=O)N(CC#N)C1=O. The second-order valence-electron chi connectivity index (χ2n) is 3.82. The molecular formula is C11H10N4O2. The van der Waals surface area contributed by atoms with Crippen LogP contribution >= 0.6 is 0 Å². The van der Waals surface area contributed by atoms with Gasteiger partial charge in [0.1, 0.15) is 6.54 Å². The number of nitrogens with zero attached hydrogens (tertiary/aromatic N) is 3. The minimum atomic E-state index is -1.19. The number of pyridine rings is 1. The van der Waals surface area contributed by atoms with Crippen molar-refractivity contribution < 1.29 is 9.59 Å². The quantitative estimate of drug-likeness (QED) is 0.587. The number of aromatic nitrogens is 1. The molecule has 1 aromatic heterocycles. The molecule has 0 spiro atoms. The lowest BCUT2D eigenvalue weighted by Crippen LogP contribution is -2.41. The molecule has 0 saturated carbocycles. The first-order valence-corrected chi connectivity index (χ1v) is 5.02. The molecule has 0 bridgehead atoms. The van der Waals surface area contributed by atoms with Gasteiger partial charge < -0.3 is 5.32 Å². The van der Waals surface area contributed by atoms with Gasteiger partial charge in [-0.15, -0.1) is 0 Å². The molecule has 1 atom stereocenters. The first-order valence-electron chi connectivity index (χ1n) is 5.02. The van der Waals surface area contributed by atoms with Crippen molar-refractivity contribution in [3.05, 3.63) is 30.1 Å². The molecule has 1 fully saturated rings. The molecule has 86 valence electrons. The fraction of sp³-hybridized carbons (Fsp3) is 0.273. The van der Waals surface area contributed by atoms with E-state index in [1.807, 2.05) is 0 Å². The summed E-state index contributed by atoms with van der Waals surface area (Å²) in [4.78, 5) is 28.6. The first-order chi connectivity index (χ1) is 8.09. The van der Waals surface area contributed by atoms with Gasteiger partial charge in [0.2, 0.25) is 0 Å². The highest BCUT2D eigenvalue weighted by molar-refractivity contribution is 6.07. The van der Waals surface area contributed by atoms with Gasteiger partial charge in [-0.3, -0.25) is 9.78 Å². The van der Waals surface area contributed by atoms with Crippen LogP contribution in [0.15, 0.2) is 24.4 Å². The molecule has 3 amide bonds. The molecular weight excluding hydrogens is 220 g/mol. The zero-order chi connectivity index (χ0) is 12.5. The van der Waals surface area contributed by atoms with E-state index in [0.29, 0.717) is 5.69 Å². The number of hydrogen-bond donors (Lipinski definition) is 1. The summed E-state index contributed by atoms with van der Waals surface area (Å²) < 4.78 is 0. The van der Waals surface area contributed by atoms with Crippen LogP contribution in [-0.2, 0) is 10.3 Å². The van der Waals surface area contributed by atoms with Crippen LogP contribution in [0.25, 0.3) is 0 Å². The average Bonchev–Trinajstić information content (AvgIpc) is 2.56. The maximum atomic E-state index is 12.1. The zero-order valence-electron chi connectivity index (χ0n) is 9.17. The van der Waals surface area contributed by atoms with E-state index in [0.717, 1.165) is 4.90 Å². The van der Waals surface area contributed by atoms with Gasteiger partial charge in [0.15, 0.2) is 5.54 Å². The highest BCUT2D eigenvalue weighted by Crippen LogP contribution is 2.26. The van der Waals surface area contributed by atoms with E-state index >= 15 is 0 Å². The minimum absolute atomic E-state index is 0.257. The Hall–Kier alpha value is -2.42. The lowest BCUT2D eigenvalue weighted by Gasteiger charge is -2.20. The minimum Gasteiger partial charge on any atom is -0.318 e. The second-order valence-corrected chi connectivity index (χ2v) is 3.82. The van der Waals surface area contributed by atoms with Crippen LogP contribution in [0, 0.1) is 11.3 Å². The van der Waals surface area contributed by atoms with Crippen molar-refractivity contribution in [1.82, 2.24) is 15.2 Å². The van der Waals surface area contributed by atoms with Crippen molar-refractivity contribution in [1.29, 1.82) is 5.26 Å². The van der Waals surface area contributed by atoms with E-state index in [1.54, 1.807) is 37.4 Å². The van der Waals surface area contributed by atoms with Gasteiger partial charge in [-0.2, -0.15) is 5.26 Å². The molecule has 0 aliphatic carbocycles. The standard InChI is InChI=1S/C11H10N4O2/c1-11(8-4-2-3-6-13-8)9(16)15(7-5-12)10(17)14-11/h2-4,6H,7H2,1H3,(H,14,17). The van der Waals surface area contributed by atoms with Gasteiger partial charge in [0.05, 0.1) is 11.8 Å². The third-order valence-electron chi connectivity index (χ3n) is 2.68. The predicted molar refractivity (Wildman–Crippen MR) is 57.4 cm³/mol. The molecule has 1 N–H and O–H groups in total. The van der Waals surface area contributed by atoms with Gasteiger partial charge >= 0.3 is 6.03 Å². The summed E-state index contributed by atoms with van der Waals surface area (Å²) >= 11 is 0. The molecule has 1 aliphatic rings. The molecule has 2 heterocycles. The Balaban J connectivity index is 2.39. The summed E-state index contributed by atoms with van der Waals surface area (Å²) in [7, 11) is 0. The van der Waals surface area contributed by atoms with Crippen LogP contribution in [0.5, 0.6) is 0 Å². The highest BCUT2D eigenvalue weighted by atomic mass is 16.2. The Bertz CT molecular complexity index is 508. The van der Waals surface area contributed by atoms with Crippen molar-refractivity contribution in [2.75, 3.05) is 6.54 Å². The molecule has 17 heavy (non-hydrogen) atoms. The van der Waals surface area contributed by atoms with Gasteiger partial charge in [0.25, 0.3) is 5.91 Å². The summed E-state index contributed by atoms with van der Waals surface area (Å²) in [6, 6.07) is 6.34. The molecule has 6 nitrogen and oxygen atoms in total. The van der Waals surface area contributed by atoms with E-state index < -0.39 is 17.5 Å². The topological polar surface area (TPSA) is 86.1 Å². The van der Waals surface area contributed by atoms with Gasteiger partial charge in [-0.1, -0.05) is 6.07 Å². The maximum Gasteiger partial charge on any atom is 0.326 e. The third kappa shape index (κ3) is 1.61. The molecule has 1 saturated heterocycles. The number of nitriles is 1. The van der Waals surface area contributed by atoms with Gasteiger partial charge in [0, 0.05) is 6.20 Å². The van der Waals surface area contributed by atoms with Gasteiger partial charge in [-0.05, 0) is 19.1 Å². The Kier molecular flexibility index (Phi) is 2.52. The third-order valence-corrected chi connectivity index (χ3v) is 2.68. The smallest absolute Gasteiger partial charge is 0.318 e. The van der Waals surface area contributed by atoms with Crippen LogP contribution in [0.2, 0.25) is 0 Å². The molecule has 1 aromatic rings. The Labute approximate surface area is 97.9 Å². The van der Waals surface area contributed by atoms with Crippen LogP contribution in [0.4, 0.5) is 4.79 Å². The lowest BCUT2D eigenvalue weighted by molar-refractivity contribution is -0.130. The number of hydrogen-bond acceptors (Lipinski definition) is 4. The summed E-state index contributed by atoms with van der Waals surface area (Å²) in [5, 5.41) is 11.1. The maximum absolute atomic E-state index is 12.1. The van der Waals surface area contributed by atoms with Crippen molar-refractivity contribution in [2.24, 2.45) is 0 Å². The van der Waals surface area contributed by atoms with Crippen molar-refractivity contribution in [3.8, 4) is 6.07 Å². The summed E-state index contributed by atoms with van der Waals surface area (Å²) in [5.74, 6) is -0.456. The molecule has 1 unspecified atom stereocenters. The molecule has 2 rings (SSSR count). The number of nitrogens with one attached hydrogen (secondary N) is 1. The van der Waals surface area contributed by atoms with E-state index in [-0.39, 0.29) is 6.54 Å². The average molecular weight is 230 g/mol. The fourth-order valence-corrected chi connectivity index (χ4v) is 1.74. The second kappa shape index (κ2) is 3.87. The predicted octanol–water partition coefficient (Wildman–Crippen LogP) is 0.372. The van der Waals surface area contributed by atoms with Crippen LogP contribution in [-0.4, -0.2) is 28.4 Å². The van der Waals surface area contributed by atoms with Crippen molar-refractivity contribution in [2.45, 2.75) is 12.5 Å². The normalized spacial score (nSPS) is 23.4. The number of amides is 3. The Morgan fingerprint density at radius 3 is 2.88 bits per heavy atom. The van der Waals surface area contributed by atoms with E-state index in [4.69, 9.17) is 5.26 Å². The number of carbonyl (C=O) groups excluding carboxylic acids is 2. The number of urea groups is 1. The Morgan fingerprint density at radius 2 is 2.29 bits per heavy atom. The lowest BCUT2D eigenvalue weighted by atomic mass is 9.97. The van der Waals surface area contributed by atoms with Crippen LogP contribution in [0.3, 0.4) is 0 Å². The largest absolute Gasteiger partial charge is 0.326 e. The molecule has 6 heteroatoms. The van der Waals surface area contributed by atoms with Crippen molar-refractivity contribution in [3.63, 3.8) is 0 Å². The summed E-state index contributed by atoms with van der Waals surface area (Å²) in [6.45, 7) is 1.32. The van der Waals surface area contributed by atoms with Crippen LogP contribution < -0.4 is 5.32 Å². The Morgan fingerprint density at radius 1 is 1.53 bits per heavy atom. The van der Waals surface area contributed by atoms with E-state index in [1.165, 1.54) is 0 Å². The van der Waals surface area contributed by atoms with E-state index in [9.17, 15) is 9.59 Å². The first kappa shape index (κ1) is 11.1. The summed E-state index contributed by atoms with van der Waals surface area (Å²) in [6.07, 6.45) is 1.55. The number of rotatable bonds is 2. The van der Waals surface area contributed by atoms with Gasteiger partial charge in [-0.25, -0.2) is 9.69 Å². The molecule has 1 aliphatic heterocycles. The number of imide groups is 1. The zero-order valence-corrected chi connectivity index (χ0v) is 9.17. The summed E-state index contributed by atoms with van der Waals surface area (Å²) in [5.41, 5.74) is -0.728. The van der Waals surface area contributed by atoms with E-state index in [2.05, 4.69) is 10.3 Å². The molecule has 0 radical (unpaired) electrons. The monoisotopic (exact) mass is 230 g/mol. The van der Waals surface area contributed by atoms with Crippen molar-refractivity contribution >= 4 is 11.9 Å².